The molecule has 0 spiro atoms. The Labute approximate surface area is 88.5 Å². The highest BCUT2D eigenvalue weighted by molar-refractivity contribution is 6.53. The van der Waals surface area contributed by atoms with E-state index in [0.717, 1.165) is 16.5 Å². The van der Waals surface area contributed by atoms with Gasteiger partial charge in [0, 0.05) is 16.5 Å². The predicted molar refractivity (Wildman–Crippen MR) is 63.1 cm³/mol. The summed E-state index contributed by atoms with van der Waals surface area (Å²) in [6.07, 6.45) is 0. The number of benzene rings is 2. The lowest BCUT2D eigenvalue weighted by Crippen LogP contribution is -2.19. The maximum Gasteiger partial charge on any atom is 0.406 e. The van der Waals surface area contributed by atoms with Gasteiger partial charge in [0.25, 0.3) is 0 Å². The molecule has 4 heteroatoms. The Morgan fingerprint density at radius 2 is 1.73 bits per heavy atom. The first-order valence-corrected chi connectivity index (χ1v) is 4.84. The molecule has 0 aliphatic rings. The van der Waals surface area contributed by atoms with Gasteiger partial charge in [-0.25, -0.2) is 0 Å². The van der Waals surface area contributed by atoms with Crippen molar-refractivity contribution in [3.63, 3.8) is 0 Å². The lowest BCUT2D eigenvalue weighted by Gasteiger charge is -2.10. The van der Waals surface area contributed by atoms with E-state index in [2.05, 4.69) is 5.23 Å². The van der Waals surface area contributed by atoms with Gasteiger partial charge in [-0.15, -0.1) is 0 Å². The molecular formula is C11H12BNO2. The second-order valence-corrected chi connectivity index (χ2v) is 3.50. The first-order valence-electron chi connectivity index (χ1n) is 4.84. The topological polar surface area (TPSA) is 52.5 Å². The number of aromatic hydroxyl groups is 1. The quantitative estimate of drug-likeness (QED) is 0.514. The largest absolute Gasteiger partial charge is 0.507 e. The number of fused-ring (bicyclic) bond motifs is 1. The third kappa shape index (κ3) is 1.90. The van der Waals surface area contributed by atoms with Gasteiger partial charge >= 0.3 is 7.05 Å². The van der Waals surface area contributed by atoms with E-state index < -0.39 is 7.05 Å². The van der Waals surface area contributed by atoms with Crippen LogP contribution < -0.4 is 5.23 Å². The molecule has 76 valence electrons. The lowest BCUT2D eigenvalue weighted by atomic mass is 9.87. The number of hydrogen-bond donors (Lipinski definition) is 3. The Bertz CT molecular complexity index is 485. The highest BCUT2D eigenvalue weighted by atomic mass is 16.3. The molecule has 0 fully saturated rings. The van der Waals surface area contributed by atoms with Crippen LogP contribution in [0.25, 0.3) is 10.8 Å². The molecule has 2 rings (SSSR count). The molecule has 0 aliphatic carbocycles. The minimum Gasteiger partial charge on any atom is -0.507 e. The van der Waals surface area contributed by atoms with Crippen LogP contribution in [-0.2, 0) is 0 Å². The second kappa shape index (κ2) is 3.83. The molecule has 0 aliphatic heterocycles. The van der Waals surface area contributed by atoms with Gasteiger partial charge in [0.15, 0.2) is 0 Å². The van der Waals surface area contributed by atoms with Gasteiger partial charge in [0.2, 0.25) is 0 Å². The number of anilines is 1. The summed E-state index contributed by atoms with van der Waals surface area (Å²) < 4.78 is 0. The molecule has 0 atom stereocenters. The fourth-order valence-corrected chi connectivity index (χ4v) is 1.63. The first-order chi connectivity index (χ1) is 7.18. The van der Waals surface area contributed by atoms with Crippen LogP contribution in [0.2, 0.25) is 6.82 Å². The Balaban J connectivity index is 2.61. The number of nitrogens with one attached hydrogen (secondary N) is 1. The maximum absolute atomic E-state index is 9.64. The van der Waals surface area contributed by atoms with E-state index in [1.807, 2.05) is 24.3 Å². The monoisotopic (exact) mass is 201 g/mol. The van der Waals surface area contributed by atoms with Gasteiger partial charge in [-0.3, -0.25) is 0 Å². The fraction of sp³-hybridized carbons (Fsp3) is 0.0909. The van der Waals surface area contributed by atoms with E-state index in [9.17, 15) is 10.1 Å². The average molecular weight is 201 g/mol. The van der Waals surface area contributed by atoms with Gasteiger partial charge in [0.1, 0.15) is 5.75 Å². The summed E-state index contributed by atoms with van der Waals surface area (Å²) in [4.78, 5) is 0. The van der Waals surface area contributed by atoms with Crippen molar-refractivity contribution in [3.8, 4) is 5.75 Å². The number of phenolic OH excluding ortho intramolecular Hbond substituents is 1. The highest BCUT2D eigenvalue weighted by Crippen LogP contribution is 2.30. The second-order valence-electron chi connectivity index (χ2n) is 3.50. The van der Waals surface area contributed by atoms with E-state index in [-0.39, 0.29) is 5.75 Å². The number of rotatable bonds is 2. The zero-order valence-corrected chi connectivity index (χ0v) is 8.44. The zero-order chi connectivity index (χ0) is 10.8. The number of phenols is 1. The van der Waals surface area contributed by atoms with Gasteiger partial charge in [-0.1, -0.05) is 24.3 Å². The SMILES string of the molecule is CB(O)Nc1ccc(O)c2ccccc12. The molecule has 3 nitrogen and oxygen atoms in total. The Kier molecular flexibility index (Phi) is 2.52. The minimum atomic E-state index is -0.613. The minimum absolute atomic E-state index is 0.252. The molecular weight excluding hydrogens is 189 g/mol. The van der Waals surface area contributed by atoms with E-state index in [0.29, 0.717) is 0 Å². The van der Waals surface area contributed by atoms with Crippen molar-refractivity contribution in [1.29, 1.82) is 0 Å². The maximum atomic E-state index is 9.64. The van der Waals surface area contributed by atoms with Gasteiger partial charge < -0.3 is 15.4 Å². The summed E-state index contributed by atoms with van der Waals surface area (Å²) in [5, 5.41) is 23.5. The smallest absolute Gasteiger partial charge is 0.406 e. The van der Waals surface area contributed by atoms with Crippen LogP contribution in [0.1, 0.15) is 0 Å². The summed E-state index contributed by atoms with van der Waals surface area (Å²) in [6, 6.07) is 10.9. The molecule has 0 bridgehead atoms. The molecule has 3 N–H and O–H groups in total. The number of hydrogen-bond acceptors (Lipinski definition) is 3. The van der Waals surface area contributed by atoms with Crippen molar-refractivity contribution in [2.75, 3.05) is 5.23 Å². The lowest BCUT2D eigenvalue weighted by molar-refractivity contribution is 0.481. The van der Waals surface area contributed by atoms with E-state index >= 15 is 0 Å². The standard InChI is InChI=1S/C11H12BNO2/c1-12(15)13-10-6-7-11(14)9-5-3-2-4-8(9)10/h2-7,13-15H,1H3. The predicted octanol–water partition coefficient (Wildman–Crippen LogP) is 2.07. The molecule has 15 heavy (non-hydrogen) atoms. The van der Waals surface area contributed by atoms with E-state index in [1.54, 1.807) is 19.0 Å². The molecule has 0 saturated carbocycles. The van der Waals surface area contributed by atoms with Crippen LogP contribution in [0.4, 0.5) is 5.69 Å². The molecule has 0 saturated heterocycles. The summed E-state index contributed by atoms with van der Waals surface area (Å²) in [5.74, 6) is 0.252. The molecule has 2 aromatic rings. The van der Waals surface area contributed by atoms with Gasteiger partial charge in [-0.05, 0) is 19.0 Å². The molecule has 0 amide bonds. The highest BCUT2D eigenvalue weighted by Gasteiger charge is 2.07. The van der Waals surface area contributed by atoms with E-state index in [4.69, 9.17) is 0 Å². The normalized spacial score (nSPS) is 10.3. The Morgan fingerprint density at radius 3 is 2.40 bits per heavy atom. The van der Waals surface area contributed by atoms with Gasteiger partial charge in [-0.2, -0.15) is 0 Å². The third-order valence-electron chi connectivity index (χ3n) is 2.27. The molecule has 2 aromatic carbocycles. The van der Waals surface area contributed by atoms with Gasteiger partial charge in [0.05, 0.1) is 0 Å². The van der Waals surface area contributed by atoms with Crippen molar-refractivity contribution < 1.29 is 10.1 Å². The van der Waals surface area contributed by atoms with Crippen molar-refractivity contribution in [2.24, 2.45) is 0 Å². The fourth-order valence-electron chi connectivity index (χ4n) is 1.63. The van der Waals surface area contributed by atoms with E-state index in [1.165, 1.54) is 0 Å². The molecule has 0 unspecified atom stereocenters. The van der Waals surface area contributed by atoms with Crippen LogP contribution in [0, 0.1) is 0 Å². The summed E-state index contributed by atoms with van der Waals surface area (Å²) in [7, 11) is -0.613. The van der Waals surface area contributed by atoms with Crippen LogP contribution in [0.5, 0.6) is 5.75 Å². The van der Waals surface area contributed by atoms with Crippen LogP contribution in [0.3, 0.4) is 0 Å². The van der Waals surface area contributed by atoms with Crippen LogP contribution >= 0.6 is 0 Å². The molecule has 0 radical (unpaired) electrons. The summed E-state index contributed by atoms with van der Waals surface area (Å²) in [5.41, 5.74) is 0.818. The zero-order valence-electron chi connectivity index (χ0n) is 8.44. The third-order valence-corrected chi connectivity index (χ3v) is 2.27. The summed E-state index contributed by atoms with van der Waals surface area (Å²) >= 11 is 0. The van der Waals surface area contributed by atoms with Crippen molar-refractivity contribution in [1.82, 2.24) is 0 Å². The summed E-state index contributed by atoms with van der Waals surface area (Å²) in [6.45, 7) is 1.65. The van der Waals surface area contributed by atoms with Crippen molar-refractivity contribution in [2.45, 2.75) is 6.82 Å². The molecule has 0 heterocycles. The Morgan fingerprint density at radius 1 is 1.07 bits per heavy atom. The Hall–Kier alpha value is -1.68. The van der Waals surface area contributed by atoms with Crippen LogP contribution in [-0.4, -0.2) is 17.2 Å². The first kappa shape index (κ1) is 9.86. The van der Waals surface area contributed by atoms with Crippen molar-refractivity contribution >= 4 is 23.5 Å². The average Bonchev–Trinajstić information content (AvgIpc) is 2.22. The van der Waals surface area contributed by atoms with Crippen molar-refractivity contribution in [3.05, 3.63) is 36.4 Å². The van der Waals surface area contributed by atoms with Crippen LogP contribution in [0.15, 0.2) is 36.4 Å². The molecule has 0 aromatic heterocycles.